The largest absolute Gasteiger partial charge is 0.544 e. The highest BCUT2D eigenvalue weighted by atomic mass is 28.4. The molecule has 1 unspecified atom stereocenters. The summed E-state index contributed by atoms with van der Waals surface area (Å²) >= 11 is 0. The van der Waals surface area contributed by atoms with Crippen molar-refractivity contribution >= 4 is 25.0 Å². The average Bonchev–Trinajstić information content (AvgIpc) is 2.88. The van der Waals surface area contributed by atoms with Gasteiger partial charge in [-0.1, -0.05) is 49.2 Å². The van der Waals surface area contributed by atoms with Gasteiger partial charge >= 0.3 is 0 Å². The van der Waals surface area contributed by atoms with Crippen LogP contribution >= 0.6 is 0 Å². The fourth-order valence-corrected chi connectivity index (χ4v) is 6.45. The van der Waals surface area contributed by atoms with Crippen LogP contribution in [0.1, 0.15) is 65.4 Å². The van der Waals surface area contributed by atoms with E-state index in [0.29, 0.717) is 23.4 Å². The van der Waals surface area contributed by atoms with Crippen LogP contribution in [0.3, 0.4) is 0 Å². The van der Waals surface area contributed by atoms with Crippen LogP contribution in [-0.2, 0) is 26.6 Å². The van der Waals surface area contributed by atoms with E-state index in [1.165, 1.54) is 5.56 Å². The summed E-state index contributed by atoms with van der Waals surface area (Å²) in [6.07, 6.45) is 6.31. The second-order valence-corrected chi connectivity index (χ2v) is 27.3. The van der Waals surface area contributed by atoms with Gasteiger partial charge in [-0.05, 0) is 121 Å². The van der Waals surface area contributed by atoms with Gasteiger partial charge in [-0.25, -0.2) is 0 Å². The Labute approximate surface area is 265 Å². The summed E-state index contributed by atoms with van der Waals surface area (Å²) in [6, 6.07) is 16.0. The highest BCUT2D eigenvalue weighted by Crippen LogP contribution is 2.30. The molecule has 0 aromatic heterocycles. The lowest BCUT2D eigenvalue weighted by Crippen LogP contribution is -2.34. The van der Waals surface area contributed by atoms with Crippen molar-refractivity contribution in [2.24, 2.45) is 0 Å². The van der Waals surface area contributed by atoms with Gasteiger partial charge in [0.15, 0.2) is 16.6 Å². The van der Waals surface area contributed by atoms with Crippen molar-refractivity contribution in [2.75, 3.05) is 26.3 Å². The highest BCUT2D eigenvalue weighted by molar-refractivity contribution is 6.70. The Morgan fingerprint density at radius 3 is 2.07 bits per heavy atom. The van der Waals surface area contributed by atoms with Gasteiger partial charge in [0, 0.05) is 25.3 Å². The molecule has 5 nitrogen and oxygen atoms in total. The van der Waals surface area contributed by atoms with Crippen molar-refractivity contribution in [1.29, 1.82) is 0 Å². The van der Waals surface area contributed by atoms with Crippen LogP contribution in [0.25, 0.3) is 0 Å². The SMILES string of the molecule is [2H]C([2H])(O[Si](C)(C)C)c1cc([13C]([2H])(CNCCCCCCOCCCCc2ccccc2)O[Si](C)(C)C)ccc1O[Si](C)(C)C. The third-order valence-corrected chi connectivity index (χ3v) is 8.54. The monoisotopic (exact) mass is 635 g/mol. The molecule has 0 radical (unpaired) electrons. The molecule has 0 saturated carbocycles. The van der Waals surface area contributed by atoms with E-state index in [-0.39, 0.29) is 0 Å². The number of rotatable bonds is 22. The lowest BCUT2D eigenvalue weighted by atomic mass is 10.1. The Bertz CT molecular complexity index is 1140. The van der Waals surface area contributed by atoms with Gasteiger partial charge in [0.1, 0.15) is 5.75 Å². The van der Waals surface area contributed by atoms with E-state index in [1.54, 1.807) is 12.1 Å². The molecule has 0 aliphatic heterocycles. The molecule has 0 aliphatic rings. The average molecular weight is 636 g/mol. The zero-order chi connectivity index (χ0) is 33.8. The Morgan fingerprint density at radius 1 is 0.762 bits per heavy atom. The predicted molar refractivity (Wildman–Crippen MR) is 187 cm³/mol. The van der Waals surface area contributed by atoms with E-state index in [9.17, 15) is 1.37 Å². The first-order valence-electron chi connectivity index (χ1n) is 17.4. The minimum atomic E-state index is -2.23. The Balaban J connectivity index is 1.92. The van der Waals surface area contributed by atoms with Crippen LogP contribution in [0.5, 0.6) is 5.75 Å². The molecule has 8 heteroatoms. The van der Waals surface area contributed by atoms with Gasteiger partial charge in [-0.2, -0.15) is 0 Å². The van der Waals surface area contributed by atoms with Crippen LogP contribution in [0.2, 0.25) is 58.9 Å². The quantitative estimate of drug-likeness (QED) is 0.0794. The molecule has 2 aromatic carbocycles. The summed E-state index contributed by atoms with van der Waals surface area (Å²) in [7, 11) is -6.40. The first kappa shape index (κ1) is 32.1. The molecular weight excluding hydrogens is 572 g/mol. The number of hydrogen-bond acceptors (Lipinski definition) is 5. The first-order chi connectivity index (χ1) is 20.8. The van der Waals surface area contributed by atoms with Gasteiger partial charge in [-0.15, -0.1) is 0 Å². The lowest BCUT2D eigenvalue weighted by Gasteiger charge is -2.29. The van der Waals surface area contributed by atoms with Gasteiger partial charge < -0.3 is 23.3 Å². The fourth-order valence-electron chi connectivity index (χ4n) is 4.27. The summed E-state index contributed by atoms with van der Waals surface area (Å²) < 4.78 is 51.9. The maximum Gasteiger partial charge on any atom is 0.242 e. The van der Waals surface area contributed by atoms with Crippen LogP contribution in [-0.4, -0.2) is 51.3 Å². The number of ether oxygens (including phenoxy) is 1. The molecular formula is C34H61NO4Si3. The van der Waals surface area contributed by atoms with Crippen molar-refractivity contribution in [2.45, 2.75) is 117 Å². The first-order valence-corrected chi connectivity index (χ1v) is 26.1. The van der Waals surface area contributed by atoms with Crippen molar-refractivity contribution in [3.63, 3.8) is 0 Å². The second kappa shape index (κ2) is 18.5. The number of nitrogens with one attached hydrogen (secondary N) is 1. The highest BCUT2D eigenvalue weighted by Gasteiger charge is 2.25. The molecule has 0 aliphatic carbocycles. The number of benzene rings is 2. The number of hydrogen-bond donors (Lipinski definition) is 1. The summed E-state index contributed by atoms with van der Waals surface area (Å²) in [6.45, 7) is 19.1. The number of aryl methyl sites for hydroxylation is 1. The second-order valence-electron chi connectivity index (χ2n) is 14.0. The molecule has 0 amide bonds. The molecule has 1 atom stereocenters. The molecule has 238 valence electrons. The van der Waals surface area contributed by atoms with E-state index in [1.807, 2.05) is 25.7 Å². The Hall–Kier alpha value is -1.27. The topological polar surface area (TPSA) is 49.0 Å². The third-order valence-electron chi connectivity index (χ3n) is 6.14. The van der Waals surface area contributed by atoms with E-state index < -0.39 is 37.6 Å². The fraction of sp³-hybridized carbons (Fsp3) is 0.647. The molecule has 0 saturated heterocycles. The van der Waals surface area contributed by atoms with E-state index >= 15 is 0 Å². The Morgan fingerprint density at radius 2 is 1.43 bits per heavy atom. The van der Waals surface area contributed by atoms with Crippen molar-refractivity contribution in [3.05, 3.63) is 65.2 Å². The summed E-state index contributed by atoms with van der Waals surface area (Å²) in [4.78, 5) is 0. The van der Waals surface area contributed by atoms with Crippen LogP contribution in [0.15, 0.2) is 48.5 Å². The van der Waals surface area contributed by atoms with Crippen LogP contribution < -0.4 is 9.74 Å². The normalized spacial score (nSPS) is 15.5. The molecule has 2 aromatic rings. The third kappa shape index (κ3) is 17.8. The Kier molecular flexibility index (Phi) is 14.2. The smallest absolute Gasteiger partial charge is 0.242 e. The van der Waals surface area contributed by atoms with E-state index in [0.717, 1.165) is 64.7 Å². The minimum absolute atomic E-state index is 0.314. The van der Waals surface area contributed by atoms with Crippen LogP contribution in [0.4, 0.5) is 0 Å². The summed E-state index contributed by atoms with van der Waals surface area (Å²) in [5.74, 6) is 0.487. The lowest BCUT2D eigenvalue weighted by molar-refractivity contribution is 0.126. The van der Waals surface area contributed by atoms with Gasteiger partial charge in [0.05, 0.1) is 16.8 Å². The maximum absolute atomic E-state index is 9.48. The molecule has 42 heavy (non-hydrogen) atoms. The maximum atomic E-state index is 9.48. The van der Waals surface area contributed by atoms with E-state index in [2.05, 4.69) is 74.9 Å². The van der Waals surface area contributed by atoms with E-state index in [4.69, 9.17) is 20.8 Å². The van der Waals surface area contributed by atoms with Gasteiger partial charge in [-0.3, -0.25) is 0 Å². The van der Waals surface area contributed by atoms with Crippen molar-refractivity contribution < 1.29 is 22.1 Å². The molecule has 2 rings (SSSR count). The predicted octanol–water partition coefficient (Wildman–Crippen LogP) is 9.33. The summed E-state index contributed by atoms with van der Waals surface area (Å²) in [5, 5.41) is 3.47. The van der Waals surface area contributed by atoms with Crippen LogP contribution in [0, 0.1) is 0 Å². The van der Waals surface area contributed by atoms with Crippen molar-refractivity contribution in [1.82, 2.24) is 5.32 Å². The molecule has 0 spiro atoms. The standard InChI is InChI=1S/C34H61NO4Si3/c1-40(2,3)37-29-32-27-31(22-23-33(32)38-41(4,5)6)34(39-42(7,8)9)28-35-24-16-10-11-17-25-36-26-18-15-21-30-19-13-12-14-20-30/h12-14,19-20,22-23,27,34-35H,10-11,15-18,21,24-26,28-29H2,1-9H3/i29D2,34+1D. The van der Waals surface area contributed by atoms with Gasteiger partial charge in [0.2, 0.25) is 8.32 Å². The molecule has 0 fully saturated rings. The van der Waals surface area contributed by atoms with Crippen molar-refractivity contribution in [3.8, 4) is 5.75 Å². The summed E-state index contributed by atoms with van der Waals surface area (Å²) in [5.41, 5.74) is 2.34. The molecule has 1 N–H and O–H groups in total. The zero-order valence-corrected chi connectivity index (χ0v) is 31.0. The molecule has 0 bridgehead atoms. The van der Waals surface area contributed by atoms with Gasteiger partial charge in [0.25, 0.3) is 0 Å². The zero-order valence-electron chi connectivity index (χ0n) is 31.0. The number of unbranched alkanes of at least 4 members (excludes halogenated alkanes) is 4. The minimum Gasteiger partial charge on any atom is -0.544 e. The molecule has 0 heterocycles.